The SMILES string of the molecule is COCC1CCN(C(=O)c2cc(S)ccc2Cl)C1. The van der Waals surface area contributed by atoms with Crippen LogP contribution in [-0.2, 0) is 4.74 Å². The summed E-state index contributed by atoms with van der Waals surface area (Å²) in [6.45, 7) is 2.20. The van der Waals surface area contributed by atoms with Crippen LogP contribution < -0.4 is 0 Å². The maximum atomic E-state index is 12.3. The Kier molecular flexibility index (Phi) is 4.54. The van der Waals surface area contributed by atoms with Crippen LogP contribution in [0, 0.1) is 5.92 Å². The number of methoxy groups -OCH3 is 1. The Labute approximate surface area is 117 Å². The molecule has 1 unspecified atom stereocenters. The fourth-order valence-electron chi connectivity index (χ4n) is 2.24. The Balaban J connectivity index is 2.10. The normalized spacial score (nSPS) is 19.3. The maximum Gasteiger partial charge on any atom is 0.255 e. The summed E-state index contributed by atoms with van der Waals surface area (Å²) in [5.41, 5.74) is 0.530. The molecular weight excluding hydrogens is 270 g/mol. The largest absolute Gasteiger partial charge is 0.384 e. The maximum absolute atomic E-state index is 12.3. The highest BCUT2D eigenvalue weighted by Crippen LogP contribution is 2.24. The molecule has 1 heterocycles. The first-order chi connectivity index (χ1) is 8.61. The third kappa shape index (κ3) is 2.99. The zero-order chi connectivity index (χ0) is 13.1. The molecule has 0 aliphatic carbocycles. The molecule has 0 spiro atoms. The van der Waals surface area contributed by atoms with E-state index in [2.05, 4.69) is 12.6 Å². The first-order valence-electron chi connectivity index (χ1n) is 5.88. The number of likely N-dealkylation sites (tertiary alicyclic amines) is 1. The number of hydrogen-bond donors (Lipinski definition) is 1. The Morgan fingerprint density at radius 3 is 3.11 bits per heavy atom. The van der Waals surface area contributed by atoms with Crippen molar-refractivity contribution < 1.29 is 9.53 Å². The van der Waals surface area contributed by atoms with Crippen molar-refractivity contribution in [1.29, 1.82) is 0 Å². The number of hydrogen-bond acceptors (Lipinski definition) is 3. The van der Waals surface area contributed by atoms with Gasteiger partial charge in [0.2, 0.25) is 0 Å². The van der Waals surface area contributed by atoms with Gasteiger partial charge >= 0.3 is 0 Å². The van der Waals surface area contributed by atoms with Crippen LogP contribution in [0.15, 0.2) is 23.1 Å². The van der Waals surface area contributed by atoms with E-state index in [0.717, 1.165) is 24.4 Å². The number of halogens is 1. The molecule has 1 aromatic rings. The van der Waals surface area contributed by atoms with Crippen LogP contribution in [0.2, 0.25) is 5.02 Å². The first kappa shape index (κ1) is 13.7. The highest BCUT2D eigenvalue weighted by Gasteiger charge is 2.27. The fourth-order valence-corrected chi connectivity index (χ4v) is 2.64. The fraction of sp³-hybridized carbons (Fsp3) is 0.462. The lowest BCUT2D eigenvalue weighted by molar-refractivity contribution is 0.0775. The van der Waals surface area contributed by atoms with E-state index >= 15 is 0 Å². The van der Waals surface area contributed by atoms with Gasteiger partial charge < -0.3 is 9.64 Å². The summed E-state index contributed by atoms with van der Waals surface area (Å²) in [7, 11) is 1.69. The molecule has 0 N–H and O–H groups in total. The lowest BCUT2D eigenvalue weighted by Crippen LogP contribution is -2.29. The van der Waals surface area contributed by atoms with E-state index in [1.807, 2.05) is 4.90 Å². The third-order valence-corrected chi connectivity index (χ3v) is 3.76. The molecule has 1 aliphatic heterocycles. The van der Waals surface area contributed by atoms with Crippen molar-refractivity contribution in [3.8, 4) is 0 Å². The van der Waals surface area contributed by atoms with Crippen LogP contribution in [-0.4, -0.2) is 37.6 Å². The number of amides is 1. The van der Waals surface area contributed by atoms with Crippen LogP contribution in [0.3, 0.4) is 0 Å². The van der Waals surface area contributed by atoms with Gasteiger partial charge in [0.25, 0.3) is 5.91 Å². The molecule has 0 saturated carbocycles. The molecule has 18 heavy (non-hydrogen) atoms. The number of carbonyl (C=O) groups excluding carboxylic acids is 1. The highest BCUT2D eigenvalue weighted by atomic mass is 35.5. The Hall–Kier alpha value is -0.710. The quantitative estimate of drug-likeness (QED) is 0.866. The molecule has 1 amide bonds. The topological polar surface area (TPSA) is 29.5 Å². The summed E-state index contributed by atoms with van der Waals surface area (Å²) < 4.78 is 5.13. The van der Waals surface area contributed by atoms with Gasteiger partial charge in [0.1, 0.15) is 0 Å². The summed E-state index contributed by atoms with van der Waals surface area (Å²) in [4.78, 5) is 14.9. The molecule has 0 aromatic heterocycles. The predicted octanol–water partition coefficient (Wildman–Crippen LogP) is 2.74. The minimum absolute atomic E-state index is 0.0190. The average Bonchev–Trinajstić information content (AvgIpc) is 2.80. The molecule has 1 saturated heterocycles. The summed E-state index contributed by atoms with van der Waals surface area (Å²) in [5.74, 6) is 0.409. The van der Waals surface area contributed by atoms with Gasteiger partial charge in [-0.3, -0.25) is 4.79 Å². The van der Waals surface area contributed by atoms with E-state index in [1.54, 1.807) is 25.3 Å². The lowest BCUT2D eigenvalue weighted by atomic mass is 10.1. The number of ether oxygens (including phenoxy) is 1. The van der Waals surface area contributed by atoms with E-state index in [0.29, 0.717) is 23.1 Å². The molecular formula is C13H16ClNO2S. The molecule has 1 aromatic carbocycles. The predicted molar refractivity (Wildman–Crippen MR) is 74.6 cm³/mol. The van der Waals surface area contributed by atoms with Crippen LogP contribution in [0.1, 0.15) is 16.8 Å². The van der Waals surface area contributed by atoms with E-state index in [-0.39, 0.29) is 5.91 Å². The van der Waals surface area contributed by atoms with Crippen LogP contribution in [0.4, 0.5) is 0 Å². The van der Waals surface area contributed by atoms with Crippen molar-refractivity contribution in [2.45, 2.75) is 11.3 Å². The van der Waals surface area contributed by atoms with Crippen molar-refractivity contribution >= 4 is 30.1 Å². The molecule has 1 aliphatic rings. The summed E-state index contributed by atoms with van der Waals surface area (Å²) in [6, 6.07) is 5.21. The molecule has 1 fully saturated rings. The van der Waals surface area contributed by atoms with Crippen molar-refractivity contribution in [3.05, 3.63) is 28.8 Å². The molecule has 1 atom stereocenters. The van der Waals surface area contributed by atoms with Crippen LogP contribution in [0.5, 0.6) is 0 Å². The average molecular weight is 286 g/mol. The standard InChI is InChI=1S/C13H16ClNO2S/c1-17-8-9-4-5-15(7-9)13(16)11-6-10(18)2-3-12(11)14/h2-3,6,9,18H,4-5,7-8H2,1H3. The van der Waals surface area contributed by atoms with Crippen molar-refractivity contribution in [1.82, 2.24) is 4.90 Å². The Bertz CT molecular complexity index is 453. The molecule has 98 valence electrons. The Morgan fingerprint density at radius 1 is 1.61 bits per heavy atom. The number of thiol groups is 1. The minimum atomic E-state index is -0.0190. The first-order valence-corrected chi connectivity index (χ1v) is 6.71. The van der Waals surface area contributed by atoms with Gasteiger partial charge in [-0.1, -0.05) is 11.6 Å². The highest BCUT2D eigenvalue weighted by molar-refractivity contribution is 7.80. The lowest BCUT2D eigenvalue weighted by Gasteiger charge is -2.17. The number of benzene rings is 1. The van der Waals surface area contributed by atoms with Crippen molar-refractivity contribution in [2.24, 2.45) is 5.92 Å². The molecule has 2 rings (SSSR count). The van der Waals surface area contributed by atoms with Crippen LogP contribution in [0.25, 0.3) is 0 Å². The summed E-state index contributed by atoms with van der Waals surface area (Å²) in [6.07, 6.45) is 0.984. The molecule has 3 nitrogen and oxygen atoms in total. The molecule has 0 radical (unpaired) electrons. The zero-order valence-corrected chi connectivity index (χ0v) is 11.9. The van der Waals surface area contributed by atoms with Gasteiger partial charge in [0.15, 0.2) is 0 Å². The van der Waals surface area contributed by atoms with E-state index in [1.165, 1.54) is 0 Å². The van der Waals surface area contributed by atoms with Gasteiger partial charge in [-0.2, -0.15) is 0 Å². The second-order valence-electron chi connectivity index (χ2n) is 4.53. The molecule has 0 bridgehead atoms. The smallest absolute Gasteiger partial charge is 0.255 e. The monoisotopic (exact) mass is 285 g/mol. The van der Waals surface area contributed by atoms with Gasteiger partial charge in [-0.15, -0.1) is 12.6 Å². The van der Waals surface area contributed by atoms with E-state index in [4.69, 9.17) is 16.3 Å². The number of rotatable bonds is 3. The second kappa shape index (κ2) is 5.95. The van der Waals surface area contributed by atoms with Crippen LogP contribution >= 0.6 is 24.2 Å². The second-order valence-corrected chi connectivity index (χ2v) is 5.45. The van der Waals surface area contributed by atoms with Gasteiger partial charge in [0, 0.05) is 31.0 Å². The number of carbonyl (C=O) groups is 1. The van der Waals surface area contributed by atoms with Crippen molar-refractivity contribution in [2.75, 3.05) is 26.8 Å². The zero-order valence-electron chi connectivity index (χ0n) is 10.2. The minimum Gasteiger partial charge on any atom is -0.384 e. The molecule has 5 heteroatoms. The van der Waals surface area contributed by atoms with Gasteiger partial charge in [-0.25, -0.2) is 0 Å². The van der Waals surface area contributed by atoms with Gasteiger partial charge in [-0.05, 0) is 24.6 Å². The summed E-state index contributed by atoms with van der Waals surface area (Å²) in [5, 5.41) is 0.480. The van der Waals surface area contributed by atoms with Crippen molar-refractivity contribution in [3.63, 3.8) is 0 Å². The summed E-state index contributed by atoms with van der Waals surface area (Å²) >= 11 is 10.3. The van der Waals surface area contributed by atoms with Gasteiger partial charge in [0.05, 0.1) is 17.2 Å². The Morgan fingerprint density at radius 2 is 2.39 bits per heavy atom. The number of nitrogens with zero attached hydrogens (tertiary/aromatic N) is 1. The van der Waals surface area contributed by atoms with E-state index in [9.17, 15) is 4.79 Å². The van der Waals surface area contributed by atoms with E-state index < -0.39 is 0 Å². The third-order valence-electron chi connectivity index (χ3n) is 3.16.